The van der Waals surface area contributed by atoms with Gasteiger partial charge < -0.3 is 5.11 Å². The number of phenols is 1. The Morgan fingerprint density at radius 1 is 1.47 bits per heavy atom. The van der Waals surface area contributed by atoms with Crippen molar-refractivity contribution >= 4 is 22.0 Å². The first-order chi connectivity index (χ1) is 8.00. The standard InChI is InChI=1S/C13H14BrNO2/c1-8(2)9-5-10(12(17)11(14)6-9)13(3-4-13)15-7-16/h5-6,8,17H,3-4H2,1-2H3. The third kappa shape index (κ3) is 2.15. The van der Waals surface area contributed by atoms with Gasteiger partial charge in [0.25, 0.3) is 0 Å². The molecule has 0 unspecified atom stereocenters. The minimum atomic E-state index is -0.529. The number of halogens is 1. The molecule has 2 rings (SSSR count). The summed E-state index contributed by atoms with van der Waals surface area (Å²) in [5, 5.41) is 10.1. The Hall–Kier alpha value is -1.12. The van der Waals surface area contributed by atoms with Gasteiger partial charge in [0.15, 0.2) is 0 Å². The van der Waals surface area contributed by atoms with E-state index in [0.29, 0.717) is 10.4 Å². The predicted molar refractivity (Wildman–Crippen MR) is 68.9 cm³/mol. The Bertz CT molecular complexity index is 500. The lowest BCUT2D eigenvalue weighted by Gasteiger charge is -2.15. The summed E-state index contributed by atoms with van der Waals surface area (Å²) in [6.45, 7) is 4.18. The molecule has 0 bridgehead atoms. The van der Waals surface area contributed by atoms with E-state index in [1.165, 1.54) is 0 Å². The highest BCUT2D eigenvalue weighted by Gasteiger charge is 2.47. The van der Waals surface area contributed by atoms with Gasteiger partial charge in [0.1, 0.15) is 11.3 Å². The molecule has 0 amide bonds. The average molecular weight is 296 g/mol. The van der Waals surface area contributed by atoms with Crippen LogP contribution in [-0.2, 0) is 10.3 Å². The fourth-order valence-corrected chi connectivity index (χ4v) is 2.43. The van der Waals surface area contributed by atoms with Crippen molar-refractivity contribution in [2.24, 2.45) is 4.99 Å². The predicted octanol–water partition coefficient (Wildman–Crippen LogP) is 3.60. The summed E-state index contributed by atoms with van der Waals surface area (Å²) in [7, 11) is 0. The number of phenolic OH excluding ortho intramolecular Hbond substituents is 1. The van der Waals surface area contributed by atoms with E-state index < -0.39 is 5.54 Å². The molecular weight excluding hydrogens is 282 g/mol. The summed E-state index contributed by atoms with van der Waals surface area (Å²) in [5.41, 5.74) is 1.33. The molecule has 1 saturated carbocycles. The first-order valence-electron chi connectivity index (χ1n) is 5.62. The van der Waals surface area contributed by atoms with Crippen LogP contribution in [0.4, 0.5) is 0 Å². The number of carbonyl (C=O) groups excluding carboxylic acids is 1. The minimum Gasteiger partial charge on any atom is -0.506 e. The van der Waals surface area contributed by atoms with E-state index in [1.807, 2.05) is 12.1 Å². The summed E-state index contributed by atoms with van der Waals surface area (Å²) in [4.78, 5) is 14.3. The van der Waals surface area contributed by atoms with Crippen molar-refractivity contribution in [3.05, 3.63) is 27.7 Å². The van der Waals surface area contributed by atoms with E-state index in [1.54, 1.807) is 6.08 Å². The zero-order valence-corrected chi connectivity index (χ0v) is 11.4. The number of nitrogens with zero attached hydrogens (tertiary/aromatic N) is 1. The van der Waals surface area contributed by atoms with Gasteiger partial charge in [-0.2, -0.15) is 4.99 Å². The summed E-state index contributed by atoms with van der Waals surface area (Å²) in [5.74, 6) is 0.549. The number of hydrogen-bond acceptors (Lipinski definition) is 3. The molecule has 1 aliphatic rings. The summed E-state index contributed by atoms with van der Waals surface area (Å²) in [6, 6.07) is 3.85. The van der Waals surface area contributed by atoms with Crippen LogP contribution in [0.3, 0.4) is 0 Å². The van der Waals surface area contributed by atoms with E-state index in [9.17, 15) is 9.90 Å². The van der Waals surface area contributed by atoms with Crippen LogP contribution in [-0.4, -0.2) is 11.2 Å². The highest BCUT2D eigenvalue weighted by Crippen LogP contribution is 2.53. The molecular formula is C13H14BrNO2. The van der Waals surface area contributed by atoms with Crippen LogP contribution < -0.4 is 0 Å². The molecule has 90 valence electrons. The maximum absolute atomic E-state index is 10.5. The monoisotopic (exact) mass is 295 g/mol. The number of aliphatic imine (C=N–C) groups is 1. The van der Waals surface area contributed by atoms with Gasteiger partial charge in [-0.25, -0.2) is 4.79 Å². The van der Waals surface area contributed by atoms with Crippen molar-refractivity contribution in [1.29, 1.82) is 0 Å². The third-order valence-electron chi connectivity index (χ3n) is 3.24. The fourth-order valence-electron chi connectivity index (χ4n) is 1.96. The quantitative estimate of drug-likeness (QED) is 0.684. The van der Waals surface area contributed by atoms with Crippen molar-refractivity contribution in [3.8, 4) is 5.75 Å². The lowest BCUT2D eigenvalue weighted by atomic mass is 9.96. The summed E-state index contributed by atoms with van der Waals surface area (Å²) < 4.78 is 0.658. The number of rotatable bonds is 3. The van der Waals surface area contributed by atoms with Crippen LogP contribution in [0.2, 0.25) is 0 Å². The second-order valence-electron chi connectivity index (χ2n) is 4.79. The molecule has 0 heterocycles. The molecule has 1 aliphatic carbocycles. The van der Waals surface area contributed by atoms with E-state index in [-0.39, 0.29) is 5.75 Å². The van der Waals surface area contributed by atoms with Crippen molar-refractivity contribution in [2.45, 2.75) is 38.1 Å². The molecule has 0 spiro atoms. The molecule has 1 fully saturated rings. The molecule has 0 aliphatic heterocycles. The molecule has 4 heteroatoms. The van der Waals surface area contributed by atoms with E-state index in [2.05, 4.69) is 34.8 Å². The molecule has 0 aromatic heterocycles. The number of aromatic hydroxyl groups is 1. The lowest BCUT2D eigenvalue weighted by molar-refractivity contribution is 0.455. The second-order valence-corrected chi connectivity index (χ2v) is 5.64. The Balaban J connectivity index is 2.57. The van der Waals surface area contributed by atoms with Crippen LogP contribution in [0, 0.1) is 0 Å². The van der Waals surface area contributed by atoms with Gasteiger partial charge in [0.2, 0.25) is 6.08 Å². The van der Waals surface area contributed by atoms with Crippen LogP contribution in [0.5, 0.6) is 5.75 Å². The molecule has 0 atom stereocenters. The van der Waals surface area contributed by atoms with Gasteiger partial charge in [-0.15, -0.1) is 0 Å². The van der Waals surface area contributed by atoms with Crippen molar-refractivity contribution in [1.82, 2.24) is 0 Å². The fraction of sp³-hybridized carbons (Fsp3) is 0.462. The summed E-state index contributed by atoms with van der Waals surface area (Å²) in [6.07, 6.45) is 3.20. The Morgan fingerprint density at radius 2 is 2.12 bits per heavy atom. The topological polar surface area (TPSA) is 49.7 Å². The van der Waals surface area contributed by atoms with E-state index in [4.69, 9.17) is 0 Å². The molecule has 0 radical (unpaired) electrons. The van der Waals surface area contributed by atoms with Gasteiger partial charge in [0, 0.05) is 5.56 Å². The smallest absolute Gasteiger partial charge is 0.235 e. The highest BCUT2D eigenvalue weighted by molar-refractivity contribution is 9.10. The maximum atomic E-state index is 10.5. The number of benzene rings is 1. The van der Waals surface area contributed by atoms with Gasteiger partial charge >= 0.3 is 0 Å². The van der Waals surface area contributed by atoms with Gasteiger partial charge in [-0.05, 0) is 52.4 Å². The second kappa shape index (κ2) is 4.28. The highest BCUT2D eigenvalue weighted by atomic mass is 79.9. The SMILES string of the molecule is CC(C)c1cc(Br)c(O)c(C2(N=C=O)CC2)c1. The summed E-state index contributed by atoms with van der Waals surface area (Å²) >= 11 is 3.35. The Morgan fingerprint density at radius 3 is 2.59 bits per heavy atom. The van der Waals surface area contributed by atoms with Gasteiger partial charge in [0.05, 0.1) is 4.47 Å². The van der Waals surface area contributed by atoms with E-state index in [0.717, 1.165) is 24.0 Å². The Labute approximate surface area is 109 Å². The third-order valence-corrected chi connectivity index (χ3v) is 3.84. The zero-order chi connectivity index (χ0) is 12.6. The molecule has 17 heavy (non-hydrogen) atoms. The first kappa shape index (κ1) is 12.3. The van der Waals surface area contributed by atoms with Gasteiger partial charge in [-0.1, -0.05) is 13.8 Å². The number of hydrogen-bond donors (Lipinski definition) is 1. The van der Waals surface area contributed by atoms with Crippen LogP contribution in [0.15, 0.2) is 21.6 Å². The molecule has 0 saturated heterocycles. The van der Waals surface area contributed by atoms with Crippen LogP contribution in [0.25, 0.3) is 0 Å². The van der Waals surface area contributed by atoms with E-state index >= 15 is 0 Å². The molecule has 1 aromatic rings. The Kier molecular flexibility index (Phi) is 3.11. The van der Waals surface area contributed by atoms with Crippen LogP contribution in [0.1, 0.15) is 43.7 Å². The van der Waals surface area contributed by atoms with Gasteiger partial charge in [-0.3, -0.25) is 0 Å². The number of isocyanates is 1. The normalized spacial score (nSPS) is 16.7. The molecule has 3 nitrogen and oxygen atoms in total. The lowest BCUT2D eigenvalue weighted by Crippen LogP contribution is -2.04. The maximum Gasteiger partial charge on any atom is 0.235 e. The molecule has 1 N–H and O–H groups in total. The van der Waals surface area contributed by atoms with Crippen molar-refractivity contribution in [2.75, 3.05) is 0 Å². The average Bonchev–Trinajstić information content (AvgIpc) is 3.03. The largest absolute Gasteiger partial charge is 0.506 e. The zero-order valence-electron chi connectivity index (χ0n) is 9.83. The van der Waals surface area contributed by atoms with Crippen LogP contribution >= 0.6 is 15.9 Å². The first-order valence-corrected chi connectivity index (χ1v) is 6.41. The minimum absolute atomic E-state index is 0.186. The van der Waals surface area contributed by atoms with Crippen molar-refractivity contribution < 1.29 is 9.90 Å². The van der Waals surface area contributed by atoms with Crippen molar-refractivity contribution in [3.63, 3.8) is 0 Å². The molecule has 1 aromatic carbocycles.